The monoisotopic (exact) mass is 225 g/mol. The average Bonchev–Trinajstić information content (AvgIpc) is 2.82. The van der Waals surface area contributed by atoms with Gasteiger partial charge in [0, 0.05) is 13.1 Å². The molecule has 0 radical (unpaired) electrons. The topological polar surface area (TPSA) is 21.3 Å². The molecule has 1 saturated carbocycles. The summed E-state index contributed by atoms with van der Waals surface area (Å²) < 4.78 is 38.5. The lowest BCUT2D eigenvalue weighted by atomic mass is 9.92. The van der Waals surface area contributed by atoms with Crippen molar-refractivity contribution < 1.29 is 17.9 Å². The highest BCUT2D eigenvalue weighted by molar-refractivity contribution is 4.96. The van der Waals surface area contributed by atoms with Crippen LogP contribution in [-0.2, 0) is 4.74 Å². The van der Waals surface area contributed by atoms with Crippen LogP contribution in [0.25, 0.3) is 0 Å². The van der Waals surface area contributed by atoms with Crippen LogP contribution >= 0.6 is 0 Å². The van der Waals surface area contributed by atoms with Gasteiger partial charge >= 0.3 is 6.36 Å². The van der Waals surface area contributed by atoms with Crippen molar-refractivity contribution >= 4 is 0 Å². The Balaban J connectivity index is 2.03. The van der Waals surface area contributed by atoms with Crippen molar-refractivity contribution in [3.05, 3.63) is 0 Å². The highest BCUT2D eigenvalue weighted by Gasteiger charge is 2.44. The van der Waals surface area contributed by atoms with Crippen LogP contribution in [0.4, 0.5) is 13.2 Å². The average molecular weight is 225 g/mol. The molecule has 2 nitrogen and oxygen atoms in total. The first-order valence-corrected chi connectivity index (χ1v) is 5.27. The van der Waals surface area contributed by atoms with Crippen molar-refractivity contribution in [1.29, 1.82) is 0 Å². The summed E-state index contributed by atoms with van der Waals surface area (Å²) in [5.41, 5.74) is 0.332. The third kappa shape index (κ3) is 4.38. The summed E-state index contributed by atoms with van der Waals surface area (Å²) >= 11 is 0. The molecule has 1 N–H and O–H groups in total. The Hall–Kier alpha value is -0.290. The molecule has 1 rings (SSSR count). The molecule has 0 bridgehead atoms. The molecule has 0 spiro atoms. The quantitative estimate of drug-likeness (QED) is 0.701. The molecule has 1 aliphatic rings. The van der Waals surface area contributed by atoms with Gasteiger partial charge in [-0.25, -0.2) is 0 Å². The van der Waals surface area contributed by atoms with Gasteiger partial charge in [0.25, 0.3) is 0 Å². The Labute approximate surface area is 88.2 Å². The number of rotatable bonds is 6. The lowest BCUT2D eigenvalue weighted by Crippen LogP contribution is -2.31. The number of alkyl halides is 3. The fraction of sp³-hybridized carbons (Fsp3) is 1.00. The maximum atomic E-state index is 11.6. The predicted molar refractivity (Wildman–Crippen MR) is 51.4 cm³/mol. The molecule has 15 heavy (non-hydrogen) atoms. The van der Waals surface area contributed by atoms with Crippen molar-refractivity contribution in [2.24, 2.45) is 11.3 Å². The molecule has 0 saturated heterocycles. The van der Waals surface area contributed by atoms with Gasteiger partial charge in [-0.3, -0.25) is 4.74 Å². The molecule has 90 valence electrons. The zero-order valence-electron chi connectivity index (χ0n) is 9.16. The Morgan fingerprint density at radius 1 is 1.33 bits per heavy atom. The fourth-order valence-corrected chi connectivity index (χ4v) is 1.70. The second-order valence-corrected chi connectivity index (χ2v) is 4.49. The zero-order valence-corrected chi connectivity index (χ0v) is 9.16. The van der Waals surface area contributed by atoms with Gasteiger partial charge in [0.05, 0.1) is 6.61 Å². The van der Waals surface area contributed by atoms with E-state index in [-0.39, 0.29) is 13.2 Å². The maximum Gasteiger partial charge on any atom is 0.522 e. The van der Waals surface area contributed by atoms with E-state index in [0.29, 0.717) is 11.3 Å². The van der Waals surface area contributed by atoms with Crippen LogP contribution in [0.15, 0.2) is 0 Å². The molecular weight excluding hydrogens is 207 g/mol. The molecule has 0 atom stereocenters. The first-order valence-electron chi connectivity index (χ1n) is 5.27. The van der Waals surface area contributed by atoms with E-state index < -0.39 is 6.36 Å². The second-order valence-electron chi connectivity index (χ2n) is 4.49. The summed E-state index contributed by atoms with van der Waals surface area (Å²) in [6.45, 7) is 5.05. The largest absolute Gasteiger partial charge is 0.522 e. The summed E-state index contributed by atoms with van der Waals surface area (Å²) in [5.74, 6) is 0.591. The molecule has 1 aliphatic carbocycles. The van der Waals surface area contributed by atoms with E-state index in [9.17, 15) is 13.2 Å². The van der Waals surface area contributed by atoms with Gasteiger partial charge in [-0.05, 0) is 24.2 Å². The van der Waals surface area contributed by atoms with Crippen LogP contribution in [0, 0.1) is 11.3 Å². The highest BCUT2D eigenvalue weighted by Crippen LogP contribution is 2.51. The van der Waals surface area contributed by atoms with E-state index in [1.54, 1.807) is 0 Å². The highest BCUT2D eigenvalue weighted by atomic mass is 19.4. The van der Waals surface area contributed by atoms with E-state index >= 15 is 0 Å². The van der Waals surface area contributed by atoms with E-state index in [2.05, 4.69) is 23.9 Å². The van der Waals surface area contributed by atoms with Crippen LogP contribution in [0.2, 0.25) is 0 Å². The molecule has 0 heterocycles. The van der Waals surface area contributed by atoms with Gasteiger partial charge in [-0.2, -0.15) is 0 Å². The molecule has 5 heteroatoms. The van der Waals surface area contributed by atoms with Crippen LogP contribution < -0.4 is 5.32 Å². The minimum Gasteiger partial charge on any atom is -0.314 e. The Morgan fingerprint density at radius 3 is 2.33 bits per heavy atom. The first-order chi connectivity index (χ1) is 6.86. The maximum absolute atomic E-state index is 11.6. The van der Waals surface area contributed by atoms with Crippen molar-refractivity contribution in [2.45, 2.75) is 33.1 Å². The predicted octanol–water partition coefficient (Wildman–Crippen LogP) is 2.55. The van der Waals surface area contributed by atoms with Gasteiger partial charge in [0.2, 0.25) is 0 Å². The smallest absolute Gasteiger partial charge is 0.314 e. The number of halogens is 3. The summed E-state index contributed by atoms with van der Waals surface area (Å²) in [7, 11) is 0. The van der Waals surface area contributed by atoms with Crippen LogP contribution in [-0.4, -0.2) is 26.1 Å². The molecule has 0 aromatic heterocycles. The molecule has 0 amide bonds. The lowest BCUT2D eigenvalue weighted by Gasteiger charge is -2.20. The first kappa shape index (κ1) is 12.8. The van der Waals surface area contributed by atoms with Crippen molar-refractivity contribution in [1.82, 2.24) is 5.32 Å². The van der Waals surface area contributed by atoms with E-state index in [1.807, 2.05) is 0 Å². The molecule has 0 unspecified atom stereocenters. The molecule has 0 aliphatic heterocycles. The van der Waals surface area contributed by atoms with Crippen LogP contribution in [0.5, 0.6) is 0 Å². The number of hydrogen-bond donors (Lipinski definition) is 1. The Kier molecular flexibility index (Phi) is 4.00. The number of hydrogen-bond acceptors (Lipinski definition) is 2. The van der Waals surface area contributed by atoms with Gasteiger partial charge in [0.15, 0.2) is 0 Å². The van der Waals surface area contributed by atoms with Gasteiger partial charge < -0.3 is 5.32 Å². The normalized spacial score (nSPS) is 19.6. The summed E-state index contributed by atoms with van der Waals surface area (Å²) in [6, 6.07) is 0. The lowest BCUT2D eigenvalue weighted by molar-refractivity contribution is -0.323. The number of ether oxygens (including phenoxy) is 1. The van der Waals surface area contributed by atoms with E-state index in [1.165, 1.54) is 12.8 Å². The Morgan fingerprint density at radius 2 is 1.93 bits per heavy atom. The van der Waals surface area contributed by atoms with Gasteiger partial charge in [0.1, 0.15) is 0 Å². The SMILES string of the molecule is CC(C)C1(CNCCOC(F)(F)F)CC1. The Bertz CT molecular complexity index is 199. The standard InChI is InChI=1S/C10H18F3NO/c1-8(2)9(3-4-9)7-14-5-6-15-10(11,12)13/h8,14H,3-7H2,1-2H3. The summed E-state index contributed by atoms with van der Waals surface area (Å²) in [6.07, 6.45) is -2.15. The van der Waals surface area contributed by atoms with E-state index in [4.69, 9.17) is 0 Å². The second kappa shape index (κ2) is 4.70. The van der Waals surface area contributed by atoms with E-state index in [0.717, 1.165) is 6.54 Å². The van der Waals surface area contributed by atoms with Gasteiger partial charge in [-0.1, -0.05) is 13.8 Å². The van der Waals surface area contributed by atoms with Crippen LogP contribution in [0.3, 0.4) is 0 Å². The zero-order chi connectivity index (χ0) is 11.5. The molecule has 0 aromatic rings. The number of nitrogens with one attached hydrogen (secondary N) is 1. The summed E-state index contributed by atoms with van der Waals surface area (Å²) in [5, 5.41) is 3.02. The van der Waals surface area contributed by atoms with Gasteiger partial charge in [-0.15, -0.1) is 13.2 Å². The van der Waals surface area contributed by atoms with Crippen molar-refractivity contribution in [3.8, 4) is 0 Å². The molecule has 0 aromatic carbocycles. The third-order valence-corrected chi connectivity index (χ3v) is 3.14. The minimum absolute atomic E-state index is 0.258. The van der Waals surface area contributed by atoms with Crippen LogP contribution in [0.1, 0.15) is 26.7 Å². The molecule has 1 fully saturated rings. The molecular formula is C10H18F3NO. The third-order valence-electron chi connectivity index (χ3n) is 3.14. The minimum atomic E-state index is -4.50. The fourth-order valence-electron chi connectivity index (χ4n) is 1.70. The van der Waals surface area contributed by atoms with Crippen molar-refractivity contribution in [2.75, 3.05) is 19.7 Å². The summed E-state index contributed by atoms with van der Waals surface area (Å²) in [4.78, 5) is 0. The van der Waals surface area contributed by atoms with Crippen molar-refractivity contribution in [3.63, 3.8) is 0 Å².